The Morgan fingerprint density at radius 2 is 1.56 bits per heavy atom. The van der Waals surface area contributed by atoms with Crippen molar-refractivity contribution in [2.24, 2.45) is 0 Å². The summed E-state index contributed by atoms with van der Waals surface area (Å²) >= 11 is 3.35. The van der Waals surface area contributed by atoms with Gasteiger partial charge in [-0.1, -0.05) is 60.7 Å². The maximum atomic E-state index is 12.9. The summed E-state index contributed by atoms with van der Waals surface area (Å²) in [5, 5.41) is 7.65. The van der Waals surface area contributed by atoms with Gasteiger partial charge in [0.05, 0.1) is 17.6 Å². The number of hydrogen-bond donors (Lipinski definition) is 1. The lowest BCUT2D eigenvalue weighted by molar-refractivity contribution is -0.119. The summed E-state index contributed by atoms with van der Waals surface area (Å²) in [6, 6.07) is 23.1. The van der Waals surface area contributed by atoms with Crippen molar-refractivity contribution < 1.29 is 14.3 Å². The van der Waals surface area contributed by atoms with Crippen LogP contribution in [0.3, 0.4) is 0 Å². The quantitative estimate of drug-likeness (QED) is 0.411. The van der Waals surface area contributed by atoms with Crippen molar-refractivity contribution in [1.82, 2.24) is 9.78 Å². The van der Waals surface area contributed by atoms with Crippen molar-refractivity contribution in [3.63, 3.8) is 0 Å². The number of nitrogens with one attached hydrogen (secondary N) is 1. The summed E-state index contributed by atoms with van der Waals surface area (Å²) in [6.07, 6.45) is 0. The normalized spacial score (nSPS) is 10.7. The van der Waals surface area contributed by atoms with Crippen molar-refractivity contribution in [3.8, 4) is 0 Å². The van der Waals surface area contributed by atoms with E-state index >= 15 is 0 Å². The number of carbonyl (C=O) groups is 2. The molecule has 0 spiro atoms. The highest BCUT2D eigenvalue weighted by Gasteiger charge is 2.19. The van der Waals surface area contributed by atoms with Crippen molar-refractivity contribution in [3.05, 3.63) is 105 Å². The molecule has 0 radical (unpaired) electrons. The Labute approximate surface area is 191 Å². The maximum absolute atomic E-state index is 12.9. The average Bonchev–Trinajstić information content (AvgIpc) is 2.81. The summed E-state index contributed by atoms with van der Waals surface area (Å²) in [5.74, 6) is -1.28. The molecule has 1 N–H and O–H groups in total. The van der Waals surface area contributed by atoms with E-state index in [-0.39, 0.29) is 17.8 Å². The molecule has 1 heterocycles. The smallest absolute Gasteiger partial charge is 0.359 e. The fourth-order valence-electron chi connectivity index (χ4n) is 3.20. The standard InChI is InChI=1S/C24H18BrN3O4/c25-19-12-6-7-13-20(19)26-21(29)15-32-24(31)22-17-10-4-5-11-18(17)23(30)28(27-22)14-16-8-2-1-3-9-16/h1-13H,14-15H2,(H,26,29). The number of hydrogen-bond acceptors (Lipinski definition) is 5. The van der Waals surface area contributed by atoms with Crippen LogP contribution in [0.2, 0.25) is 0 Å². The molecule has 0 saturated heterocycles. The molecular formula is C24H18BrN3O4. The Hall–Kier alpha value is -3.78. The van der Waals surface area contributed by atoms with E-state index in [1.54, 1.807) is 42.5 Å². The molecular weight excluding hydrogens is 474 g/mol. The first-order valence-electron chi connectivity index (χ1n) is 9.78. The van der Waals surface area contributed by atoms with Crippen LogP contribution in [0.25, 0.3) is 10.8 Å². The van der Waals surface area contributed by atoms with Crippen LogP contribution in [-0.4, -0.2) is 28.3 Å². The van der Waals surface area contributed by atoms with E-state index in [2.05, 4.69) is 26.3 Å². The van der Waals surface area contributed by atoms with E-state index < -0.39 is 18.5 Å². The SMILES string of the molecule is O=C(COC(=O)c1nn(Cc2ccccc2)c(=O)c2ccccc12)Nc1ccccc1Br. The topological polar surface area (TPSA) is 90.3 Å². The second-order valence-electron chi connectivity index (χ2n) is 6.95. The van der Waals surface area contributed by atoms with Gasteiger partial charge in [0.2, 0.25) is 0 Å². The third-order valence-electron chi connectivity index (χ3n) is 4.72. The lowest BCUT2D eigenvalue weighted by Crippen LogP contribution is -2.28. The molecule has 0 aliphatic heterocycles. The molecule has 0 unspecified atom stereocenters. The van der Waals surface area contributed by atoms with Crippen LogP contribution in [0.15, 0.2) is 88.1 Å². The average molecular weight is 492 g/mol. The third kappa shape index (κ3) is 4.76. The molecule has 3 aromatic carbocycles. The number of fused-ring (bicyclic) bond motifs is 1. The zero-order chi connectivity index (χ0) is 22.5. The molecule has 32 heavy (non-hydrogen) atoms. The first-order valence-corrected chi connectivity index (χ1v) is 10.6. The molecule has 8 heteroatoms. The van der Waals surface area contributed by atoms with Gasteiger partial charge in [-0.25, -0.2) is 9.48 Å². The fourth-order valence-corrected chi connectivity index (χ4v) is 3.58. The number of nitrogens with zero attached hydrogens (tertiary/aromatic N) is 2. The van der Waals surface area contributed by atoms with E-state index in [1.165, 1.54) is 4.68 Å². The molecule has 4 aromatic rings. The molecule has 0 fully saturated rings. The Kier molecular flexibility index (Phi) is 6.42. The summed E-state index contributed by atoms with van der Waals surface area (Å²) in [7, 11) is 0. The number of ether oxygens (including phenoxy) is 1. The van der Waals surface area contributed by atoms with Crippen LogP contribution < -0.4 is 10.9 Å². The lowest BCUT2D eigenvalue weighted by atomic mass is 10.1. The minimum absolute atomic E-state index is 0.0233. The Balaban J connectivity index is 1.58. The molecule has 4 rings (SSSR count). The van der Waals surface area contributed by atoms with Crippen molar-refractivity contribution in [2.75, 3.05) is 11.9 Å². The van der Waals surface area contributed by atoms with Crippen LogP contribution in [0.1, 0.15) is 16.1 Å². The molecule has 7 nitrogen and oxygen atoms in total. The number of rotatable bonds is 6. The van der Waals surface area contributed by atoms with Crippen LogP contribution in [0.4, 0.5) is 5.69 Å². The molecule has 1 aromatic heterocycles. The second kappa shape index (κ2) is 9.57. The van der Waals surface area contributed by atoms with E-state index in [4.69, 9.17) is 4.74 Å². The van der Waals surface area contributed by atoms with E-state index in [9.17, 15) is 14.4 Å². The van der Waals surface area contributed by atoms with Gasteiger partial charge in [0.25, 0.3) is 11.5 Å². The van der Waals surface area contributed by atoms with Crippen molar-refractivity contribution in [1.29, 1.82) is 0 Å². The predicted octanol–water partition coefficient (Wildman–Crippen LogP) is 4.00. The van der Waals surface area contributed by atoms with Gasteiger partial charge in [0, 0.05) is 9.86 Å². The highest BCUT2D eigenvalue weighted by atomic mass is 79.9. The zero-order valence-electron chi connectivity index (χ0n) is 16.8. The summed E-state index contributed by atoms with van der Waals surface area (Å²) in [5.41, 5.74) is 1.09. The molecule has 0 bridgehead atoms. The number of aromatic nitrogens is 2. The van der Waals surface area contributed by atoms with Crippen molar-refractivity contribution in [2.45, 2.75) is 6.54 Å². The van der Waals surface area contributed by atoms with Gasteiger partial charge in [-0.3, -0.25) is 9.59 Å². The largest absolute Gasteiger partial charge is 0.451 e. The second-order valence-corrected chi connectivity index (χ2v) is 7.80. The van der Waals surface area contributed by atoms with E-state index in [0.717, 1.165) is 5.56 Å². The van der Waals surface area contributed by atoms with Gasteiger partial charge in [-0.2, -0.15) is 5.10 Å². The molecule has 0 atom stereocenters. The van der Waals surface area contributed by atoms with E-state index in [1.807, 2.05) is 36.4 Å². The number of benzene rings is 3. The summed E-state index contributed by atoms with van der Waals surface area (Å²) in [4.78, 5) is 37.9. The minimum Gasteiger partial charge on any atom is -0.451 e. The molecule has 0 aliphatic rings. The first kappa shape index (κ1) is 21.5. The van der Waals surface area contributed by atoms with Gasteiger partial charge in [0.15, 0.2) is 12.3 Å². The molecule has 160 valence electrons. The molecule has 0 aliphatic carbocycles. The summed E-state index contributed by atoms with van der Waals surface area (Å²) < 4.78 is 7.15. The minimum atomic E-state index is -0.787. The maximum Gasteiger partial charge on any atom is 0.359 e. The van der Waals surface area contributed by atoms with Crippen LogP contribution in [0.5, 0.6) is 0 Å². The number of amides is 1. The van der Waals surface area contributed by atoms with Gasteiger partial charge in [-0.15, -0.1) is 0 Å². The van der Waals surface area contributed by atoms with Crippen LogP contribution >= 0.6 is 15.9 Å². The predicted molar refractivity (Wildman–Crippen MR) is 125 cm³/mol. The monoisotopic (exact) mass is 491 g/mol. The van der Waals surface area contributed by atoms with Crippen molar-refractivity contribution >= 4 is 44.3 Å². The summed E-state index contributed by atoms with van der Waals surface area (Å²) in [6.45, 7) is -0.290. The first-order chi connectivity index (χ1) is 15.5. The molecule has 1 amide bonds. The van der Waals surface area contributed by atoms with Gasteiger partial charge in [-0.05, 0) is 39.7 Å². The number of para-hydroxylation sites is 1. The Morgan fingerprint density at radius 1 is 0.906 bits per heavy atom. The van der Waals surface area contributed by atoms with E-state index in [0.29, 0.717) is 20.9 Å². The lowest BCUT2D eigenvalue weighted by Gasteiger charge is -2.11. The van der Waals surface area contributed by atoms with Crippen LogP contribution in [-0.2, 0) is 16.1 Å². The Morgan fingerprint density at radius 3 is 2.31 bits per heavy atom. The zero-order valence-corrected chi connectivity index (χ0v) is 18.4. The number of esters is 1. The number of halogens is 1. The highest BCUT2D eigenvalue weighted by Crippen LogP contribution is 2.21. The van der Waals surface area contributed by atoms with Gasteiger partial charge >= 0.3 is 5.97 Å². The van der Waals surface area contributed by atoms with Gasteiger partial charge in [0.1, 0.15) is 0 Å². The highest BCUT2D eigenvalue weighted by molar-refractivity contribution is 9.10. The molecule has 0 saturated carbocycles. The third-order valence-corrected chi connectivity index (χ3v) is 5.41. The fraction of sp³-hybridized carbons (Fsp3) is 0.0833. The number of anilines is 1. The Bertz CT molecular complexity index is 1350. The number of carbonyl (C=O) groups excluding carboxylic acids is 2. The van der Waals surface area contributed by atoms with Gasteiger partial charge < -0.3 is 10.1 Å². The van der Waals surface area contributed by atoms with Crippen LogP contribution in [0, 0.1) is 0 Å².